The predicted molar refractivity (Wildman–Crippen MR) is 55.9 cm³/mol. The first kappa shape index (κ1) is 11.0. The van der Waals surface area contributed by atoms with Crippen LogP contribution < -0.4 is 5.32 Å². The standard InChI is InChI=1S/C11H23NO/c1-4-5-9(2)12-11-6-7-13-10(3)8-11/h9-12H,4-8H2,1-3H3. The third kappa shape index (κ3) is 4.10. The molecule has 1 aliphatic heterocycles. The summed E-state index contributed by atoms with van der Waals surface area (Å²) < 4.78 is 5.51. The van der Waals surface area contributed by atoms with Gasteiger partial charge in [-0.05, 0) is 33.1 Å². The number of rotatable bonds is 4. The van der Waals surface area contributed by atoms with Gasteiger partial charge in [0, 0.05) is 18.7 Å². The van der Waals surface area contributed by atoms with Crippen LogP contribution in [0.4, 0.5) is 0 Å². The lowest BCUT2D eigenvalue weighted by Gasteiger charge is -2.30. The zero-order chi connectivity index (χ0) is 9.68. The number of hydrogen-bond donors (Lipinski definition) is 1. The van der Waals surface area contributed by atoms with Crippen molar-refractivity contribution in [1.29, 1.82) is 0 Å². The van der Waals surface area contributed by atoms with Gasteiger partial charge >= 0.3 is 0 Å². The van der Waals surface area contributed by atoms with E-state index in [2.05, 4.69) is 26.1 Å². The SMILES string of the molecule is CCCC(C)NC1CCOC(C)C1. The molecule has 1 aliphatic rings. The summed E-state index contributed by atoms with van der Waals surface area (Å²) in [5.41, 5.74) is 0. The molecule has 1 fully saturated rings. The first-order valence-corrected chi connectivity index (χ1v) is 5.60. The lowest BCUT2D eigenvalue weighted by molar-refractivity contribution is 0.0115. The van der Waals surface area contributed by atoms with E-state index in [9.17, 15) is 0 Å². The van der Waals surface area contributed by atoms with Gasteiger partial charge in [-0.15, -0.1) is 0 Å². The van der Waals surface area contributed by atoms with Crippen molar-refractivity contribution in [2.75, 3.05) is 6.61 Å². The zero-order valence-electron chi connectivity index (χ0n) is 9.18. The molecular formula is C11H23NO. The monoisotopic (exact) mass is 185 g/mol. The summed E-state index contributed by atoms with van der Waals surface area (Å²) in [7, 11) is 0. The Morgan fingerprint density at radius 1 is 1.54 bits per heavy atom. The Labute approximate surface area is 82.0 Å². The average molecular weight is 185 g/mol. The van der Waals surface area contributed by atoms with Gasteiger partial charge in [0.1, 0.15) is 0 Å². The van der Waals surface area contributed by atoms with Crippen molar-refractivity contribution in [3.63, 3.8) is 0 Å². The summed E-state index contributed by atoms with van der Waals surface area (Å²) in [6.45, 7) is 7.62. The second kappa shape index (κ2) is 5.61. The van der Waals surface area contributed by atoms with Crippen LogP contribution in [0.15, 0.2) is 0 Å². The van der Waals surface area contributed by atoms with E-state index in [-0.39, 0.29) is 0 Å². The largest absolute Gasteiger partial charge is 0.378 e. The van der Waals surface area contributed by atoms with Crippen LogP contribution in [0, 0.1) is 0 Å². The van der Waals surface area contributed by atoms with Crippen LogP contribution in [0.2, 0.25) is 0 Å². The van der Waals surface area contributed by atoms with Gasteiger partial charge in [-0.2, -0.15) is 0 Å². The van der Waals surface area contributed by atoms with Crippen molar-refractivity contribution < 1.29 is 4.74 Å². The van der Waals surface area contributed by atoms with Gasteiger partial charge in [-0.25, -0.2) is 0 Å². The maximum atomic E-state index is 5.51. The molecule has 2 heteroatoms. The molecule has 3 unspecified atom stereocenters. The highest BCUT2D eigenvalue weighted by Gasteiger charge is 2.19. The minimum Gasteiger partial charge on any atom is -0.378 e. The number of ether oxygens (including phenoxy) is 1. The zero-order valence-corrected chi connectivity index (χ0v) is 9.18. The molecule has 0 aromatic carbocycles. The number of nitrogens with one attached hydrogen (secondary N) is 1. The molecule has 0 aromatic heterocycles. The van der Waals surface area contributed by atoms with Gasteiger partial charge in [-0.1, -0.05) is 13.3 Å². The van der Waals surface area contributed by atoms with Crippen molar-refractivity contribution in [3.05, 3.63) is 0 Å². The van der Waals surface area contributed by atoms with E-state index in [0.29, 0.717) is 18.2 Å². The van der Waals surface area contributed by atoms with E-state index >= 15 is 0 Å². The highest BCUT2D eigenvalue weighted by Crippen LogP contribution is 2.14. The number of hydrogen-bond acceptors (Lipinski definition) is 2. The first-order valence-electron chi connectivity index (χ1n) is 5.60. The lowest BCUT2D eigenvalue weighted by atomic mass is 10.0. The fraction of sp³-hybridized carbons (Fsp3) is 1.00. The molecule has 0 radical (unpaired) electrons. The Bertz CT molecular complexity index is 138. The Balaban J connectivity index is 2.19. The van der Waals surface area contributed by atoms with E-state index in [1.807, 2.05) is 0 Å². The fourth-order valence-corrected chi connectivity index (χ4v) is 2.07. The third-order valence-electron chi connectivity index (χ3n) is 2.73. The average Bonchev–Trinajstić information content (AvgIpc) is 2.04. The predicted octanol–water partition coefficient (Wildman–Crippen LogP) is 2.33. The third-order valence-corrected chi connectivity index (χ3v) is 2.73. The summed E-state index contributed by atoms with van der Waals surface area (Å²) in [5, 5.41) is 3.67. The molecule has 1 heterocycles. The van der Waals surface area contributed by atoms with E-state index in [1.54, 1.807) is 0 Å². The Hall–Kier alpha value is -0.0800. The van der Waals surface area contributed by atoms with Crippen LogP contribution in [0.5, 0.6) is 0 Å². The van der Waals surface area contributed by atoms with Gasteiger partial charge in [-0.3, -0.25) is 0 Å². The maximum Gasteiger partial charge on any atom is 0.0561 e. The van der Waals surface area contributed by atoms with Gasteiger partial charge in [0.15, 0.2) is 0 Å². The molecule has 78 valence electrons. The Morgan fingerprint density at radius 3 is 2.92 bits per heavy atom. The van der Waals surface area contributed by atoms with E-state index in [1.165, 1.54) is 25.7 Å². The molecule has 0 spiro atoms. The Kier molecular flexibility index (Phi) is 4.74. The molecule has 0 saturated carbocycles. The summed E-state index contributed by atoms with van der Waals surface area (Å²) in [6, 6.07) is 1.35. The molecule has 1 rings (SSSR count). The van der Waals surface area contributed by atoms with Gasteiger partial charge in [0.25, 0.3) is 0 Å². The molecule has 1 saturated heterocycles. The van der Waals surface area contributed by atoms with Crippen LogP contribution in [-0.2, 0) is 4.74 Å². The molecule has 0 aromatic rings. The van der Waals surface area contributed by atoms with Gasteiger partial charge in [0.2, 0.25) is 0 Å². The normalized spacial score (nSPS) is 31.6. The van der Waals surface area contributed by atoms with Crippen molar-refractivity contribution in [3.8, 4) is 0 Å². The van der Waals surface area contributed by atoms with Crippen molar-refractivity contribution >= 4 is 0 Å². The molecule has 13 heavy (non-hydrogen) atoms. The van der Waals surface area contributed by atoms with Crippen LogP contribution >= 0.6 is 0 Å². The summed E-state index contributed by atoms with van der Waals surface area (Å²) in [4.78, 5) is 0. The molecule has 3 atom stereocenters. The van der Waals surface area contributed by atoms with Crippen LogP contribution in [-0.4, -0.2) is 24.8 Å². The molecule has 0 aliphatic carbocycles. The van der Waals surface area contributed by atoms with Crippen molar-refractivity contribution in [2.45, 2.75) is 64.6 Å². The summed E-state index contributed by atoms with van der Waals surface area (Å²) in [5.74, 6) is 0. The van der Waals surface area contributed by atoms with E-state index < -0.39 is 0 Å². The highest BCUT2D eigenvalue weighted by atomic mass is 16.5. The lowest BCUT2D eigenvalue weighted by Crippen LogP contribution is -2.42. The minimum atomic E-state index is 0.445. The van der Waals surface area contributed by atoms with Crippen molar-refractivity contribution in [1.82, 2.24) is 5.32 Å². The first-order chi connectivity index (χ1) is 6.22. The second-order valence-corrected chi connectivity index (χ2v) is 4.26. The molecule has 0 amide bonds. The van der Waals surface area contributed by atoms with Crippen LogP contribution in [0.25, 0.3) is 0 Å². The second-order valence-electron chi connectivity index (χ2n) is 4.26. The van der Waals surface area contributed by atoms with Gasteiger partial charge in [0.05, 0.1) is 6.10 Å². The summed E-state index contributed by atoms with van der Waals surface area (Å²) in [6.07, 6.45) is 5.35. The smallest absolute Gasteiger partial charge is 0.0561 e. The van der Waals surface area contributed by atoms with Crippen LogP contribution in [0.1, 0.15) is 46.5 Å². The van der Waals surface area contributed by atoms with E-state index in [4.69, 9.17) is 4.74 Å². The highest BCUT2D eigenvalue weighted by molar-refractivity contribution is 4.77. The molecular weight excluding hydrogens is 162 g/mol. The minimum absolute atomic E-state index is 0.445. The quantitative estimate of drug-likeness (QED) is 0.726. The van der Waals surface area contributed by atoms with Crippen LogP contribution in [0.3, 0.4) is 0 Å². The fourth-order valence-electron chi connectivity index (χ4n) is 2.07. The maximum absolute atomic E-state index is 5.51. The molecule has 0 bridgehead atoms. The van der Waals surface area contributed by atoms with Crippen molar-refractivity contribution in [2.24, 2.45) is 0 Å². The molecule has 1 N–H and O–H groups in total. The van der Waals surface area contributed by atoms with Gasteiger partial charge < -0.3 is 10.1 Å². The summed E-state index contributed by atoms with van der Waals surface area (Å²) >= 11 is 0. The molecule has 2 nitrogen and oxygen atoms in total. The topological polar surface area (TPSA) is 21.3 Å². The van der Waals surface area contributed by atoms with E-state index in [0.717, 1.165) is 6.61 Å². The Morgan fingerprint density at radius 2 is 2.31 bits per heavy atom.